The number of rotatable bonds is 8. The molecule has 2 amide bonds. The van der Waals surface area contributed by atoms with Crippen LogP contribution in [-0.2, 0) is 14.4 Å². The normalized spacial score (nSPS) is 24.5. The molecule has 0 radical (unpaired) electrons. The highest BCUT2D eigenvalue weighted by atomic mass is 16.4. The van der Waals surface area contributed by atoms with Gasteiger partial charge < -0.3 is 21.5 Å². The third kappa shape index (κ3) is 6.11. The number of carbonyl (C=O) groups is 3. The second kappa shape index (κ2) is 9.61. The van der Waals surface area contributed by atoms with Crippen molar-refractivity contribution in [1.82, 2.24) is 10.6 Å². The van der Waals surface area contributed by atoms with Gasteiger partial charge in [-0.15, -0.1) is 0 Å². The van der Waals surface area contributed by atoms with E-state index in [0.717, 1.165) is 25.7 Å². The number of hydrogen-bond acceptors (Lipinski definition) is 4. The molecule has 5 N–H and O–H groups in total. The van der Waals surface area contributed by atoms with Gasteiger partial charge in [0.25, 0.3) is 0 Å². The molecule has 24 heavy (non-hydrogen) atoms. The van der Waals surface area contributed by atoms with E-state index in [4.69, 9.17) is 5.73 Å². The molecule has 0 aromatic rings. The number of hydrogen-bond donors (Lipinski definition) is 4. The first-order chi connectivity index (χ1) is 11.3. The van der Waals surface area contributed by atoms with Crippen molar-refractivity contribution in [2.75, 3.05) is 6.54 Å². The van der Waals surface area contributed by atoms with E-state index in [0.29, 0.717) is 18.9 Å². The molecule has 1 rings (SSSR count). The molecule has 1 saturated carbocycles. The summed E-state index contributed by atoms with van der Waals surface area (Å²) < 4.78 is 0. The molecule has 0 unspecified atom stereocenters. The standard InChI is InChI=1S/C17H31N3O4/c1-4-10(2)14(17(23)24)20-16(22)13-7-5-12(6-8-13)9-19-15(21)11(3)18/h10-14H,4-9,18H2,1-3H3,(H,19,21)(H,20,22)(H,23,24)/t10-,11+,12?,13?,14-/m0/s1. The van der Waals surface area contributed by atoms with Crippen LogP contribution < -0.4 is 16.4 Å². The summed E-state index contributed by atoms with van der Waals surface area (Å²) in [5.41, 5.74) is 5.51. The number of amides is 2. The van der Waals surface area contributed by atoms with Gasteiger partial charge in [0.1, 0.15) is 6.04 Å². The Bertz CT molecular complexity index is 445. The van der Waals surface area contributed by atoms with E-state index in [1.165, 1.54) is 0 Å². The lowest BCUT2D eigenvalue weighted by atomic mass is 9.81. The predicted octanol–water partition coefficient (Wildman–Crippen LogP) is 0.872. The number of nitrogens with one attached hydrogen (secondary N) is 2. The lowest BCUT2D eigenvalue weighted by Gasteiger charge is -2.29. The molecule has 1 aliphatic carbocycles. The van der Waals surface area contributed by atoms with Crippen LogP contribution in [0.3, 0.4) is 0 Å². The molecule has 1 fully saturated rings. The first-order valence-corrected chi connectivity index (χ1v) is 8.82. The summed E-state index contributed by atoms with van der Waals surface area (Å²) in [5, 5.41) is 14.8. The summed E-state index contributed by atoms with van der Waals surface area (Å²) in [6.45, 7) is 5.97. The average Bonchev–Trinajstić information content (AvgIpc) is 2.56. The first-order valence-electron chi connectivity index (χ1n) is 8.82. The Morgan fingerprint density at radius 3 is 2.21 bits per heavy atom. The second-order valence-corrected chi connectivity index (χ2v) is 6.96. The summed E-state index contributed by atoms with van der Waals surface area (Å²) in [6.07, 6.45) is 3.83. The molecule has 0 heterocycles. The third-order valence-corrected chi connectivity index (χ3v) is 4.97. The molecule has 0 saturated heterocycles. The maximum atomic E-state index is 12.3. The van der Waals surface area contributed by atoms with Crippen molar-refractivity contribution >= 4 is 17.8 Å². The Hall–Kier alpha value is -1.63. The van der Waals surface area contributed by atoms with E-state index in [9.17, 15) is 19.5 Å². The number of nitrogens with two attached hydrogens (primary N) is 1. The molecule has 3 atom stereocenters. The SMILES string of the molecule is CC[C@H](C)[C@H](NC(=O)C1CCC(CNC(=O)[C@@H](C)N)CC1)C(=O)O. The van der Waals surface area contributed by atoms with Crippen LogP contribution in [0.15, 0.2) is 0 Å². The quantitative estimate of drug-likeness (QED) is 0.522. The zero-order valence-electron chi connectivity index (χ0n) is 14.9. The summed E-state index contributed by atoms with van der Waals surface area (Å²) in [4.78, 5) is 35.1. The average molecular weight is 341 g/mol. The highest BCUT2D eigenvalue weighted by molar-refractivity contribution is 5.85. The van der Waals surface area contributed by atoms with Crippen molar-refractivity contribution in [3.8, 4) is 0 Å². The van der Waals surface area contributed by atoms with Crippen molar-refractivity contribution in [1.29, 1.82) is 0 Å². The Kier molecular flexibility index (Phi) is 8.18. The van der Waals surface area contributed by atoms with E-state index in [1.807, 2.05) is 13.8 Å². The maximum absolute atomic E-state index is 12.3. The monoisotopic (exact) mass is 341 g/mol. The van der Waals surface area contributed by atoms with Crippen molar-refractivity contribution in [2.24, 2.45) is 23.5 Å². The molecule has 0 spiro atoms. The van der Waals surface area contributed by atoms with Crippen molar-refractivity contribution < 1.29 is 19.5 Å². The van der Waals surface area contributed by atoms with Gasteiger partial charge in [-0.1, -0.05) is 20.3 Å². The van der Waals surface area contributed by atoms with E-state index in [-0.39, 0.29) is 23.7 Å². The zero-order chi connectivity index (χ0) is 18.3. The molecular formula is C17H31N3O4. The Balaban J connectivity index is 2.42. The van der Waals surface area contributed by atoms with Crippen LogP contribution in [0.4, 0.5) is 0 Å². The zero-order valence-corrected chi connectivity index (χ0v) is 14.9. The summed E-state index contributed by atoms with van der Waals surface area (Å²) in [7, 11) is 0. The molecule has 0 aromatic heterocycles. The fourth-order valence-corrected chi connectivity index (χ4v) is 2.99. The smallest absolute Gasteiger partial charge is 0.326 e. The first kappa shape index (κ1) is 20.4. The van der Waals surface area contributed by atoms with Gasteiger partial charge in [0, 0.05) is 12.5 Å². The fraction of sp³-hybridized carbons (Fsp3) is 0.824. The number of carboxylic acids is 1. The number of carboxylic acid groups (broad SMARTS) is 1. The van der Waals surface area contributed by atoms with E-state index in [1.54, 1.807) is 6.92 Å². The van der Waals surface area contributed by atoms with Crippen LogP contribution in [0.2, 0.25) is 0 Å². The maximum Gasteiger partial charge on any atom is 0.326 e. The lowest BCUT2D eigenvalue weighted by Crippen LogP contribution is -2.48. The van der Waals surface area contributed by atoms with Crippen molar-refractivity contribution in [3.63, 3.8) is 0 Å². The largest absolute Gasteiger partial charge is 0.480 e. The highest BCUT2D eigenvalue weighted by Gasteiger charge is 2.31. The number of aliphatic carboxylic acids is 1. The minimum atomic E-state index is -0.981. The molecule has 0 aromatic carbocycles. The second-order valence-electron chi connectivity index (χ2n) is 6.96. The topological polar surface area (TPSA) is 122 Å². The summed E-state index contributed by atoms with van der Waals surface area (Å²) >= 11 is 0. The van der Waals surface area contributed by atoms with Gasteiger partial charge in [-0.3, -0.25) is 9.59 Å². The van der Waals surface area contributed by atoms with E-state index < -0.39 is 18.1 Å². The molecule has 0 bridgehead atoms. The molecule has 7 nitrogen and oxygen atoms in total. The van der Waals surface area contributed by atoms with Crippen LogP contribution in [0.5, 0.6) is 0 Å². The fourth-order valence-electron chi connectivity index (χ4n) is 2.99. The summed E-state index contributed by atoms with van der Waals surface area (Å²) in [6, 6.07) is -1.34. The minimum Gasteiger partial charge on any atom is -0.480 e. The van der Waals surface area contributed by atoms with Crippen LogP contribution in [0, 0.1) is 17.8 Å². The molecule has 138 valence electrons. The predicted molar refractivity (Wildman–Crippen MR) is 91.1 cm³/mol. The van der Waals surface area contributed by atoms with Crippen LogP contribution in [-0.4, -0.2) is 41.5 Å². The van der Waals surface area contributed by atoms with Gasteiger partial charge in [-0.25, -0.2) is 4.79 Å². The molecular weight excluding hydrogens is 310 g/mol. The van der Waals surface area contributed by atoms with E-state index in [2.05, 4.69) is 10.6 Å². The molecule has 1 aliphatic rings. The van der Waals surface area contributed by atoms with Gasteiger partial charge in [0.15, 0.2) is 0 Å². The Labute approximate surface area is 143 Å². The van der Waals surface area contributed by atoms with Gasteiger partial charge >= 0.3 is 5.97 Å². The Morgan fingerprint density at radius 1 is 1.17 bits per heavy atom. The highest BCUT2D eigenvalue weighted by Crippen LogP contribution is 2.28. The van der Waals surface area contributed by atoms with Crippen LogP contribution in [0.1, 0.15) is 52.9 Å². The summed E-state index contributed by atoms with van der Waals surface area (Å²) in [5.74, 6) is -1.20. The molecule has 0 aliphatic heterocycles. The third-order valence-electron chi connectivity index (χ3n) is 4.97. The Morgan fingerprint density at radius 2 is 1.75 bits per heavy atom. The minimum absolute atomic E-state index is 0.101. The number of carbonyl (C=O) groups excluding carboxylic acids is 2. The van der Waals surface area contributed by atoms with Crippen molar-refractivity contribution in [3.05, 3.63) is 0 Å². The van der Waals surface area contributed by atoms with Gasteiger partial charge in [0.2, 0.25) is 11.8 Å². The van der Waals surface area contributed by atoms with Gasteiger partial charge in [0.05, 0.1) is 6.04 Å². The lowest BCUT2D eigenvalue weighted by molar-refractivity contribution is -0.144. The van der Waals surface area contributed by atoms with Gasteiger partial charge in [-0.05, 0) is 44.4 Å². The van der Waals surface area contributed by atoms with E-state index >= 15 is 0 Å². The van der Waals surface area contributed by atoms with Crippen molar-refractivity contribution in [2.45, 2.75) is 65.0 Å². The van der Waals surface area contributed by atoms with Crippen LogP contribution >= 0.6 is 0 Å². The molecule has 7 heteroatoms. The van der Waals surface area contributed by atoms with Crippen LogP contribution in [0.25, 0.3) is 0 Å². The van der Waals surface area contributed by atoms with Gasteiger partial charge in [-0.2, -0.15) is 0 Å².